The van der Waals surface area contributed by atoms with E-state index < -0.39 is 24.3 Å². The second kappa shape index (κ2) is 8.89. The number of nitrogens with one attached hydrogen (secondary N) is 1. The predicted molar refractivity (Wildman–Crippen MR) is 118 cm³/mol. The van der Waals surface area contributed by atoms with E-state index in [4.69, 9.17) is 34.8 Å². The van der Waals surface area contributed by atoms with Gasteiger partial charge in [-0.25, -0.2) is 0 Å². The van der Waals surface area contributed by atoms with Gasteiger partial charge in [-0.15, -0.1) is 0 Å². The van der Waals surface area contributed by atoms with Gasteiger partial charge in [0.15, 0.2) is 11.5 Å². The number of aromatic nitrogens is 4. The van der Waals surface area contributed by atoms with Crippen molar-refractivity contribution in [2.45, 2.75) is 38.0 Å². The zero-order valence-corrected chi connectivity index (χ0v) is 19.9. The number of halogens is 7. The first-order chi connectivity index (χ1) is 15.0. The smallest absolute Gasteiger partial charge is 0.306 e. The van der Waals surface area contributed by atoms with Crippen LogP contribution in [0.5, 0.6) is 0 Å². The largest absolute Gasteiger partial charge is 0.436 e. The van der Waals surface area contributed by atoms with Crippen LogP contribution in [-0.4, -0.2) is 25.5 Å². The highest BCUT2D eigenvalue weighted by Gasteiger charge is 2.42. The number of nitrogens with zero attached hydrogens (tertiary/aromatic N) is 4. The van der Waals surface area contributed by atoms with E-state index >= 15 is 0 Å². The fourth-order valence-corrected chi connectivity index (χ4v) is 4.69. The number of hydrogen-bond acceptors (Lipinski definition) is 3. The highest BCUT2D eigenvalue weighted by atomic mass is 79.9. The van der Waals surface area contributed by atoms with E-state index in [1.807, 2.05) is 0 Å². The quantitative estimate of drug-likeness (QED) is 0.373. The lowest BCUT2D eigenvalue weighted by atomic mass is 10.2. The van der Waals surface area contributed by atoms with Crippen LogP contribution in [0.4, 0.5) is 19.0 Å². The monoisotopic (exact) mass is 569 g/mol. The summed E-state index contributed by atoms with van der Waals surface area (Å²) in [6.07, 6.45) is -1.64. The highest BCUT2D eigenvalue weighted by Crippen LogP contribution is 2.47. The van der Waals surface area contributed by atoms with E-state index in [0.717, 1.165) is 23.1 Å². The van der Waals surface area contributed by atoms with Crippen molar-refractivity contribution in [1.29, 1.82) is 0 Å². The molecule has 1 aliphatic carbocycles. The van der Waals surface area contributed by atoms with Crippen LogP contribution in [0.1, 0.15) is 35.7 Å². The molecule has 4 rings (SSSR count). The third-order valence-electron chi connectivity index (χ3n) is 4.78. The lowest BCUT2D eigenvalue weighted by molar-refractivity contribution is -0.142. The van der Waals surface area contributed by atoms with Crippen LogP contribution in [-0.2, 0) is 24.1 Å². The zero-order valence-electron chi connectivity index (χ0n) is 16.1. The Morgan fingerprint density at radius 1 is 1.19 bits per heavy atom. The average Bonchev–Trinajstić information content (AvgIpc) is 3.38. The van der Waals surface area contributed by atoms with Gasteiger partial charge in [-0.3, -0.25) is 14.2 Å². The first-order valence-electron chi connectivity index (χ1n) is 9.33. The molecule has 0 radical (unpaired) electrons. The number of alkyl halides is 3. The molecule has 0 unspecified atom stereocenters. The lowest BCUT2D eigenvalue weighted by Crippen LogP contribution is -2.22. The Labute approximate surface area is 203 Å². The number of carbonyl (C=O) groups is 1. The van der Waals surface area contributed by atoms with E-state index in [9.17, 15) is 18.0 Å². The standard InChI is InChI=1S/C19H14BrCl3F3N5O/c20-15-16(9-1-2-9)31(28-17(15)19(24,25)26)8-14(32)27-18-13(23)7-30(29-18)6-10-3-4-11(21)5-12(10)22/h3-5,7,9H,1-2,6,8H2,(H,27,29,32). The van der Waals surface area contributed by atoms with Gasteiger partial charge in [0.25, 0.3) is 0 Å². The number of amides is 1. The maximum absolute atomic E-state index is 13.2. The Hall–Kier alpha value is -1.75. The molecular formula is C19H14BrCl3F3N5O. The maximum atomic E-state index is 13.2. The molecule has 0 aliphatic heterocycles. The molecule has 0 bridgehead atoms. The van der Waals surface area contributed by atoms with Crippen LogP contribution >= 0.6 is 50.7 Å². The minimum Gasteiger partial charge on any atom is -0.306 e. The van der Waals surface area contributed by atoms with Crippen molar-refractivity contribution in [1.82, 2.24) is 19.6 Å². The van der Waals surface area contributed by atoms with Gasteiger partial charge in [0, 0.05) is 22.2 Å². The number of hydrogen-bond donors (Lipinski definition) is 1. The summed E-state index contributed by atoms with van der Waals surface area (Å²) in [5, 5.41) is 11.5. The first-order valence-corrected chi connectivity index (χ1v) is 11.3. The van der Waals surface area contributed by atoms with Crippen LogP contribution in [0, 0.1) is 0 Å². The SMILES string of the molecule is O=C(Cn1nc(C(F)(F)F)c(Br)c1C1CC1)Nc1nn(Cc2ccc(Cl)cc2Cl)cc1Cl. The van der Waals surface area contributed by atoms with E-state index in [-0.39, 0.29) is 27.8 Å². The Bertz CT molecular complexity index is 1190. The van der Waals surface area contributed by atoms with E-state index in [1.165, 1.54) is 10.9 Å². The summed E-state index contributed by atoms with van der Waals surface area (Å²) in [6.45, 7) is -0.134. The van der Waals surface area contributed by atoms with Crippen molar-refractivity contribution in [3.8, 4) is 0 Å². The topological polar surface area (TPSA) is 64.7 Å². The molecule has 0 spiro atoms. The van der Waals surface area contributed by atoms with E-state index in [2.05, 4.69) is 31.4 Å². The van der Waals surface area contributed by atoms with Crippen LogP contribution in [0.15, 0.2) is 28.9 Å². The van der Waals surface area contributed by atoms with Crippen LogP contribution in [0.3, 0.4) is 0 Å². The molecular weight excluding hydrogens is 558 g/mol. The molecule has 1 fully saturated rings. The molecule has 2 heterocycles. The van der Waals surface area contributed by atoms with Crippen molar-refractivity contribution in [3.63, 3.8) is 0 Å². The maximum Gasteiger partial charge on any atom is 0.436 e. The molecule has 3 aromatic rings. The van der Waals surface area contributed by atoms with Gasteiger partial charge in [-0.2, -0.15) is 23.4 Å². The van der Waals surface area contributed by atoms with Gasteiger partial charge in [0.2, 0.25) is 5.91 Å². The second-order valence-electron chi connectivity index (χ2n) is 7.28. The number of rotatable bonds is 6. The summed E-state index contributed by atoms with van der Waals surface area (Å²) in [7, 11) is 0. The summed E-state index contributed by atoms with van der Waals surface area (Å²) in [5.74, 6) is -0.586. The van der Waals surface area contributed by atoms with Crippen molar-refractivity contribution in [3.05, 3.63) is 60.9 Å². The third-order valence-corrected chi connectivity index (χ3v) is 6.43. The molecule has 6 nitrogen and oxygen atoms in total. The van der Waals surface area contributed by atoms with Crippen molar-refractivity contribution in [2.75, 3.05) is 5.32 Å². The van der Waals surface area contributed by atoms with Gasteiger partial charge < -0.3 is 5.32 Å². The summed E-state index contributed by atoms with van der Waals surface area (Å²) in [4.78, 5) is 12.5. The Balaban J connectivity index is 1.49. The van der Waals surface area contributed by atoms with Gasteiger partial charge >= 0.3 is 6.18 Å². The van der Waals surface area contributed by atoms with Gasteiger partial charge in [0.1, 0.15) is 11.6 Å². The first kappa shape index (κ1) is 23.4. The Morgan fingerprint density at radius 3 is 2.53 bits per heavy atom. The summed E-state index contributed by atoms with van der Waals surface area (Å²) in [6, 6.07) is 5.03. The molecule has 2 aromatic heterocycles. The number of carbonyl (C=O) groups excluding carboxylic acids is 1. The molecule has 1 saturated carbocycles. The molecule has 1 aromatic carbocycles. The molecule has 1 N–H and O–H groups in total. The Kier molecular flexibility index (Phi) is 6.50. The molecule has 1 aliphatic rings. The minimum atomic E-state index is -4.63. The molecule has 0 saturated heterocycles. The summed E-state index contributed by atoms with van der Waals surface area (Å²) >= 11 is 21.2. The predicted octanol–water partition coefficient (Wildman–Crippen LogP) is 6.39. The molecule has 32 heavy (non-hydrogen) atoms. The molecule has 1 amide bonds. The summed E-state index contributed by atoms with van der Waals surface area (Å²) in [5.41, 5.74) is 0.0547. The molecule has 0 atom stereocenters. The van der Waals surface area contributed by atoms with Crippen LogP contribution < -0.4 is 5.32 Å². The molecule has 13 heteroatoms. The highest BCUT2D eigenvalue weighted by molar-refractivity contribution is 9.10. The van der Waals surface area contributed by atoms with Crippen molar-refractivity contribution < 1.29 is 18.0 Å². The normalized spacial score (nSPS) is 14.1. The number of benzene rings is 1. The fourth-order valence-electron chi connectivity index (χ4n) is 3.20. The van der Waals surface area contributed by atoms with Gasteiger partial charge in [0.05, 0.1) is 16.7 Å². The summed E-state index contributed by atoms with van der Waals surface area (Å²) < 4.78 is 42.2. The van der Waals surface area contributed by atoms with Gasteiger partial charge in [-0.05, 0) is 46.5 Å². The van der Waals surface area contributed by atoms with Crippen LogP contribution in [0.25, 0.3) is 0 Å². The lowest BCUT2D eigenvalue weighted by Gasteiger charge is -2.07. The van der Waals surface area contributed by atoms with Gasteiger partial charge in [-0.1, -0.05) is 40.9 Å². The average molecular weight is 572 g/mol. The third kappa shape index (κ3) is 5.08. The van der Waals surface area contributed by atoms with Crippen molar-refractivity contribution in [2.24, 2.45) is 0 Å². The zero-order chi connectivity index (χ0) is 23.2. The fraction of sp³-hybridized carbons (Fsp3) is 0.316. The number of anilines is 1. The van der Waals surface area contributed by atoms with Crippen LogP contribution in [0.2, 0.25) is 15.1 Å². The Morgan fingerprint density at radius 2 is 1.91 bits per heavy atom. The minimum absolute atomic E-state index is 0.0623. The van der Waals surface area contributed by atoms with E-state index in [1.54, 1.807) is 18.2 Å². The van der Waals surface area contributed by atoms with Crippen molar-refractivity contribution >= 4 is 62.5 Å². The molecule has 170 valence electrons. The second-order valence-corrected chi connectivity index (χ2v) is 9.33. The van der Waals surface area contributed by atoms with E-state index in [0.29, 0.717) is 15.7 Å².